The number of para-hydroxylation sites is 2. The smallest absolute Gasteiger partial charge is 0.271 e. The molecule has 0 aliphatic carbocycles. The number of sulfonamides is 1. The molecule has 7 heteroatoms. The molecule has 0 spiro atoms. The van der Waals surface area contributed by atoms with Gasteiger partial charge in [0.15, 0.2) is 0 Å². The largest absolute Gasteiger partial charge is 0.492 e. The first kappa shape index (κ1) is 14.2. The van der Waals surface area contributed by atoms with E-state index in [0.29, 0.717) is 22.4 Å². The van der Waals surface area contributed by atoms with Crippen molar-refractivity contribution in [3.05, 3.63) is 40.7 Å². The molecule has 0 radical (unpaired) electrons. The fraction of sp³-hybridized carbons (Fsp3) is 0.167. The SMILES string of the molecule is CCOc1ccccc1NS(=O)(=O)c1ccc(Cl)s1. The summed E-state index contributed by atoms with van der Waals surface area (Å²) in [5.41, 5.74) is 0.411. The molecule has 1 N–H and O–H groups in total. The number of thiophene rings is 1. The van der Waals surface area contributed by atoms with E-state index >= 15 is 0 Å². The highest BCUT2D eigenvalue weighted by molar-refractivity contribution is 7.94. The Morgan fingerprint density at radius 2 is 2.00 bits per heavy atom. The predicted molar refractivity (Wildman–Crippen MR) is 77.7 cm³/mol. The molecule has 0 atom stereocenters. The van der Waals surface area contributed by atoms with Crippen LogP contribution in [0.2, 0.25) is 4.34 Å². The highest BCUT2D eigenvalue weighted by atomic mass is 35.5. The predicted octanol–water partition coefficient (Wildman–Crippen LogP) is 3.60. The summed E-state index contributed by atoms with van der Waals surface area (Å²) in [6.07, 6.45) is 0. The van der Waals surface area contributed by atoms with Crippen LogP contribution in [0.5, 0.6) is 5.75 Å². The Hall–Kier alpha value is -1.24. The van der Waals surface area contributed by atoms with Crippen LogP contribution in [0.25, 0.3) is 0 Å². The molecule has 0 saturated carbocycles. The minimum absolute atomic E-state index is 0.170. The molecule has 0 aliphatic heterocycles. The number of rotatable bonds is 5. The third-order valence-electron chi connectivity index (χ3n) is 2.24. The van der Waals surface area contributed by atoms with E-state index in [-0.39, 0.29) is 4.21 Å². The number of anilines is 1. The van der Waals surface area contributed by atoms with Gasteiger partial charge in [-0.05, 0) is 31.2 Å². The van der Waals surface area contributed by atoms with Gasteiger partial charge < -0.3 is 4.74 Å². The molecule has 19 heavy (non-hydrogen) atoms. The first-order valence-corrected chi connectivity index (χ1v) is 8.20. The van der Waals surface area contributed by atoms with Gasteiger partial charge in [-0.2, -0.15) is 0 Å². The summed E-state index contributed by atoms with van der Waals surface area (Å²) in [4.78, 5) is 0. The minimum atomic E-state index is -3.63. The van der Waals surface area contributed by atoms with Crippen LogP contribution in [-0.2, 0) is 10.0 Å². The van der Waals surface area contributed by atoms with Crippen molar-refractivity contribution < 1.29 is 13.2 Å². The monoisotopic (exact) mass is 317 g/mol. The van der Waals surface area contributed by atoms with E-state index in [1.54, 1.807) is 30.3 Å². The maximum atomic E-state index is 12.2. The van der Waals surface area contributed by atoms with E-state index in [1.165, 1.54) is 6.07 Å². The number of nitrogens with one attached hydrogen (secondary N) is 1. The third-order valence-corrected chi connectivity index (χ3v) is 5.33. The molecule has 4 nitrogen and oxygen atoms in total. The maximum absolute atomic E-state index is 12.2. The number of hydrogen-bond donors (Lipinski definition) is 1. The minimum Gasteiger partial charge on any atom is -0.492 e. The summed E-state index contributed by atoms with van der Waals surface area (Å²) >= 11 is 6.76. The van der Waals surface area contributed by atoms with E-state index in [4.69, 9.17) is 16.3 Å². The highest BCUT2D eigenvalue weighted by Gasteiger charge is 2.18. The lowest BCUT2D eigenvalue weighted by Gasteiger charge is -2.11. The van der Waals surface area contributed by atoms with Crippen LogP contribution in [0, 0.1) is 0 Å². The lowest BCUT2D eigenvalue weighted by molar-refractivity contribution is 0.342. The van der Waals surface area contributed by atoms with Crippen molar-refractivity contribution in [2.45, 2.75) is 11.1 Å². The van der Waals surface area contributed by atoms with Crippen molar-refractivity contribution in [2.75, 3.05) is 11.3 Å². The molecule has 102 valence electrons. The highest BCUT2D eigenvalue weighted by Crippen LogP contribution is 2.30. The van der Waals surface area contributed by atoms with Crippen molar-refractivity contribution in [3.8, 4) is 5.75 Å². The topological polar surface area (TPSA) is 55.4 Å². The Bertz CT molecular complexity index is 667. The summed E-state index contributed by atoms with van der Waals surface area (Å²) < 4.78 is 32.8. The number of ether oxygens (including phenoxy) is 1. The van der Waals surface area contributed by atoms with Crippen LogP contribution in [-0.4, -0.2) is 15.0 Å². The number of hydrogen-bond acceptors (Lipinski definition) is 4. The van der Waals surface area contributed by atoms with Gasteiger partial charge in [-0.25, -0.2) is 8.42 Å². The van der Waals surface area contributed by atoms with Crippen LogP contribution in [0.4, 0.5) is 5.69 Å². The van der Waals surface area contributed by atoms with E-state index in [9.17, 15) is 8.42 Å². The Labute approximate surface area is 121 Å². The van der Waals surface area contributed by atoms with Gasteiger partial charge in [0, 0.05) is 0 Å². The molecule has 2 rings (SSSR count). The second kappa shape index (κ2) is 5.81. The maximum Gasteiger partial charge on any atom is 0.271 e. The molecule has 1 aromatic carbocycles. The summed E-state index contributed by atoms with van der Waals surface area (Å²) in [5, 5.41) is 0. The summed E-state index contributed by atoms with van der Waals surface area (Å²) in [5.74, 6) is 0.497. The van der Waals surface area contributed by atoms with Crippen LogP contribution in [0.3, 0.4) is 0 Å². The van der Waals surface area contributed by atoms with Crippen molar-refractivity contribution in [1.29, 1.82) is 0 Å². The Morgan fingerprint density at radius 1 is 1.26 bits per heavy atom. The lowest BCUT2D eigenvalue weighted by atomic mass is 10.3. The van der Waals surface area contributed by atoms with Gasteiger partial charge in [-0.1, -0.05) is 23.7 Å². The molecule has 0 saturated heterocycles. The molecule has 0 fully saturated rings. The van der Waals surface area contributed by atoms with Gasteiger partial charge in [-0.15, -0.1) is 11.3 Å². The molecule has 1 aromatic heterocycles. The average molecular weight is 318 g/mol. The van der Waals surface area contributed by atoms with E-state index in [2.05, 4.69) is 4.72 Å². The quantitative estimate of drug-likeness (QED) is 0.916. The normalized spacial score (nSPS) is 11.3. The second-order valence-electron chi connectivity index (χ2n) is 3.59. The second-order valence-corrected chi connectivity index (χ2v) is 7.22. The van der Waals surface area contributed by atoms with Crippen LogP contribution < -0.4 is 9.46 Å². The Kier molecular flexibility index (Phi) is 4.34. The van der Waals surface area contributed by atoms with Gasteiger partial charge in [0.1, 0.15) is 9.96 Å². The molecule has 1 heterocycles. The first-order chi connectivity index (χ1) is 9.03. The van der Waals surface area contributed by atoms with E-state index in [1.807, 2.05) is 6.92 Å². The summed E-state index contributed by atoms with van der Waals surface area (Å²) in [6.45, 7) is 2.30. The fourth-order valence-corrected chi connectivity index (χ4v) is 4.02. The van der Waals surface area contributed by atoms with Crippen molar-refractivity contribution >= 4 is 38.6 Å². The Morgan fingerprint density at radius 3 is 2.63 bits per heavy atom. The van der Waals surface area contributed by atoms with Crippen molar-refractivity contribution in [2.24, 2.45) is 0 Å². The number of benzene rings is 1. The van der Waals surface area contributed by atoms with Gasteiger partial charge >= 0.3 is 0 Å². The lowest BCUT2D eigenvalue weighted by Crippen LogP contribution is -2.12. The van der Waals surface area contributed by atoms with Crippen LogP contribution in [0.15, 0.2) is 40.6 Å². The molecule has 0 aliphatic rings. The zero-order chi connectivity index (χ0) is 13.9. The number of halogens is 1. The van der Waals surface area contributed by atoms with E-state index < -0.39 is 10.0 Å². The van der Waals surface area contributed by atoms with Crippen LogP contribution >= 0.6 is 22.9 Å². The standard InChI is InChI=1S/C12H12ClNO3S2/c1-2-17-10-6-4-3-5-9(10)14-19(15,16)12-8-7-11(13)18-12/h3-8,14H,2H2,1H3. The zero-order valence-electron chi connectivity index (χ0n) is 10.1. The van der Waals surface area contributed by atoms with Gasteiger partial charge in [-0.3, -0.25) is 4.72 Å². The first-order valence-electron chi connectivity index (χ1n) is 5.53. The average Bonchev–Trinajstić information content (AvgIpc) is 2.79. The molecule has 2 aromatic rings. The fourth-order valence-electron chi connectivity index (χ4n) is 1.47. The van der Waals surface area contributed by atoms with Gasteiger partial charge in [0.2, 0.25) is 0 Å². The summed E-state index contributed by atoms with van der Waals surface area (Å²) in [7, 11) is -3.63. The molecular weight excluding hydrogens is 306 g/mol. The van der Waals surface area contributed by atoms with Crippen LogP contribution in [0.1, 0.15) is 6.92 Å². The Balaban J connectivity index is 2.30. The van der Waals surface area contributed by atoms with Gasteiger partial charge in [0.25, 0.3) is 10.0 Å². The van der Waals surface area contributed by atoms with Crippen molar-refractivity contribution in [1.82, 2.24) is 0 Å². The molecule has 0 unspecified atom stereocenters. The molecular formula is C12H12ClNO3S2. The summed E-state index contributed by atoms with van der Waals surface area (Å²) in [6, 6.07) is 9.90. The van der Waals surface area contributed by atoms with Gasteiger partial charge in [0.05, 0.1) is 16.6 Å². The zero-order valence-corrected chi connectivity index (χ0v) is 12.5. The van der Waals surface area contributed by atoms with E-state index in [0.717, 1.165) is 11.3 Å². The third kappa shape index (κ3) is 3.40. The molecule has 0 bridgehead atoms. The van der Waals surface area contributed by atoms with Crippen molar-refractivity contribution in [3.63, 3.8) is 0 Å². The molecule has 0 amide bonds.